The molecule has 0 aromatic heterocycles. The minimum Gasteiger partial charge on any atom is -0.378 e. The van der Waals surface area contributed by atoms with Crippen LogP contribution in [0.15, 0.2) is 0 Å². The molecule has 80 valence electrons. The second-order valence-corrected chi connectivity index (χ2v) is 4.11. The molecule has 0 aliphatic carbocycles. The highest BCUT2D eigenvalue weighted by Crippen LogP contribution is 2.16. The number of ether oxygens (including phenoxy) is 1. The quantitative estimate of drug-likeness (QED) is 0.710. The summed E-state index contributed by atoms with van der Waals surface area (Å²) in [4.78, 5) is 13.4. The van der Waals surface area contributed by atoms with Crippen molar-refractivity contribution in [1.29, 1.82) is 0 Å². The molecule has 1 amide bonds. The zero-order valence-corrected chi connectivity index (χ0v) is 8.66. The monoisotopic (exact) mass is 198 g/mol. The van der Waals surface area contributed by atoms with Crippen LogP contribution in [0.2, 0.25) is 0 Å². The van der Waals surface area contributed by atoms with Gasteiger partial charge in [-0.2, -0.15) is 0 Å². The summed E-state index contributed by atoms with van der Waals surface area (Å²) in [6, 6.07) is -0.000466. The predicted molar refractivity (Wildman–Crippen MR) is 52.8 cm³/mol. The molecular formula is C10H18N2O2. The smallest absolute Gasteiger partial charge is 0.240 e. The summed E-state index contributed by atoms with van der Waals surface area (Å²) < 4.78 is 5.52. The van der Waals surface area contributed by atoms with Crippen molar-refractivity contribution in [2.24, 2.45) is 0 Å². The highest BCUT2D eigenvalue weighted by atomic mass is 16.5. The maximum atomic E-state index is 11.5. The number of carbonyl (C=O) groups excluding carboxylic acids is 1. The van der Waals surface area contributed by atoms with Gasteiger partial charge in [-0.25, -0.2) is 0 Å². The van der Waals surface area contributed by atoms with Gasteiger partial charge in [0.2, 0.25) is 5.91 Å². The average Bonchev–Trinajstić information content (AvgIpc) is 2.77. The minimum atomic E-state index is -0.000466. The normalized spacial score (nSPS) is 32.9. The van der Waals surface area contributed by atoms with E-state index in [1.54, 1.807) is 0 Å². The third-order valence-corrected chi connectivity index (χ3v) is 3.02. The molecule has 1 N–H and O–H groups in total. The van der Waals surface area contributed by atoms with Gasteiger partial charge in [0.25, 0.3) is 0 Å². The van der Waals surface area contributed by atoms with Gasteiger partial charge in [-0.05, 0) is 26.2 Å². The Hall–Kier alpha value is -0.610. The SMILES string of the molecule is CC1NCN(CCC2CCCO2)C1=O. The summed E-state index contributed by atoms with van der Waals surface area (Å²) in [5, 5.41) is 3.13. The minimum absolute atomic E-state index is 0.000466. The summed E-state index contributed by atoms with van der Waals surface area (Å²) in [5.74, 6) is 0.225. The van der Waals surface area contributed by atoms with Crippen molar-refractivity contribution in [1.82, 2.24) is 10.2 Å². The van der Waals surface area contributed by atoms with Crippen molar-refractivity contribution in [2.45, 2.75) is 38.3 Å². The number of hydrogen-bond donors (Lipinski definition) is 1. The van der Waals surface area contributed by atoms with Gasteiger partial charge < -0.3 is 9.64 Å². The van der Waals surface area contributed by atoms with Gasteiger partial charge in [-0.15, -0.1) is 0 Å². The highest BCUT2D eigenvalue weighted by molar-refractivity contribution is 5.83. The third-order valence-electron chi connectivity index (χ3n) is 3.02. The molecule has 4 nitrogen and oxygen atoms in total. The third kappa shape index (κ3) is 2.07. The fraction of sp³-hybridized carbons (Fsp3) is 0.900. The van der Waals surface area contributed by atoms with Crippen molar-refractivity contribution in [3.8, 4) is 0 Å². The van der Waals surface area contributed by atoms with E-state index in [1.807, 2.05) is 11.8 Å². The van der Waals surface area contributed by atoms with E-state index in [9.17, 15) is 4.79 Å². The lowest BCUT2D eigenvalue weighted by Crippen LogP contribution is -2.31. The van der Waals surface area contributed by atoms with Crippen LogP contribution < -0.4 is 5.32 Å². The van der Waals surface area contributed by atoms with E-state index in [1.165, 1.54) is 6.42 Å². The Kier molecular flexibility index (Phi) is 3.03. The van der Waals surface area contributed by atoms with Crippen molar-refractivity contribution in [3.05, 3.63) is 0 Å². The first kappa shape index (κ1) is 9.93. The second-order valence-electron chi connectivity index (χ2n) is 4.11. The van der Waals surface area contributed by atoms with Crippen molar-refractivity contribution in [2.75, 3.05) is 19.8 Å². The number of rotatable bonds is 3. The number of carbonyl (C=O) groups is 1. The fourth-order valence-corrected chi connectivity index (χ4v) is 2.05. The van der Waals surface area contributed by atoms with E-state index in [4.69, 9.17) is 4.74 Å². The van der Waals surface area contributed by atoms with E-state index in [2.05, 4.69) is 5.32 Å². The van der Waals surface area contributed by atoms with Crippen LogP contribution in [-0.4, -0.2) is 42.8 Å². The van der Waals surface area contributed by atoms with Gasteiger partial charge in [0, 0.05) is 13.2 Å². The molecule has 2 atom stereocenters. The molecule has 2 aliphatic heterocycles. The van der Waals surface area contributed by atoms with Crippen LogP contribution in [0.4, 0.5) is 0 Å². The number of hydrogen-bond acceptors (Lipinski definition) is 3. The summed E-state index contributed by atoms with van der Waals surface area (Å²) in [5.41, 5.74) is 0. The van der Waals surface area contributed by atoms with E-state index < -0.39 is 0 Å². The van der Waals surface area contributed by atoms with E-state index in [0.717, 1.165) is 26.0 Å². The zero-order chi connectivity index (χ0) is 9.97. The number of nitrogens with zero attached hydrogens (tertiary/aromatic N) is 1. The van der Waals surface area contributed by atoms with Crippen molar-refractivity contribution >= 4 is 5.91 Å². The van der Waals surface area contributed by atoms with Crippen LogP contribution in [0.25, 0.3) is 0 Å². The van der Waals surface area contributed by atoms with Crippen LogP contribution >= 0.6 is 0 Å². The van der Waals surface area contributed by atoms with Crippen LogP contribution in [0.5, 0.6) is 0 Å². The Labute approximate surface area is 84.6 Å². The van der Waals surface area contributed by atoms with Crippen molar-refractivity contribution in [3.63, 3.8) is 0 Å². The summed E-state index contributed by atoms with van der Waals surface area (Å²) in [6.45, 7) is 4.34. The molecule has 2 saturated heterocycles. The lowest BCUT2D eigenvalue weighted by Gasteiger charge is -2.17. The summed E-state index contributed by atoms with van der Waals surface area (Å²) in [7, 11) is 0. The molecule has 0 aromatic carbocycles. The molecule has 0 spiro atoms. The Morgan fingerprint density at radius 3 is 3.07 bits per heavy atom. The Balaban J connectivity index is 1.72. The van der Waals surface area contributed by atoms with Gasteiger partial charge in [0.15, 0.2) is 0 Å². The maximum Gasteiger partial charge on any atom is 0.240 e. The van der Waals surface area contributed by atoms with Gasteiger partial charge in [-0.1, -0.05) is 0 Å². The number of amides is 1. The average molecular weight is 198 g/mol. The molecule has 14 heavy (non-hydrogen) atoms. The summed E-state index contributed by atoms with van der Waals surface area (Å²) in [6.07, 6.45) is 3.71. The van der Waals surface area contributed by atoms with E-state index in [-0.39, 0.29) is 11.9 Å². The number of nitrogens with one attached hydrogen (secondary N) is 1. The van der Waals surface area contributed by atoms with Gasteiger partial charge >= 0.3 is 0 Å². The predicted octanol–water partition coefficient (Wildman–Crippen LogP) is 0.333. The topological polar surface area (TPSA) is 41.6 Å². The first-order valence-electron chi connectivity index (χ1n) is 5.41. The lowest BCUT2D eigenvalue weighted by atomic mass is 10.2. The second kappa shape index (κ2) is 4.28. The van der Waals surface area contributed by atoms with Gasteiger partial charge in [-0.3, -0.25) is 10.1 Å². The molecule has 0 aromatic rings. The largest absolute Gasteiger partial charge is 0.378 e. The zero-order valence-electron chi connectivity index (χ0n) is 8.66. The molecule has 2 heterocycles. The molecule has 4 heteroatoms. The molecular weight excluding hydrogens is 180 g/mol. The molecule has 2 unspecified atom stereocenters. The lowest BCUT2D eigenvalue weighted by molar-refractivity contribution is -0.128. The fourth-order valence-electron chi connectivity index (χ4n) is 2.05. The molecule has 2 aliphatic rings. The first-order chi connectivity index (χ1) is 6.77. The summed E-state index contributed by atoms with van der Waals surface area (Å²) >= 11 is 0. The van der Waals surface area contributed by atoms with Crippen LogP contribution in [-0.2, 0) is 9.53 Å². The van der Waals surface area contributed by atoms with E-state index >= 15 is 0 Å². The van der Waals surface area contributed by atoms with Crippen LogP contribution in [0.3, 0.4) is 0 Å². The van der Waals surface area contributed by atoms with Crippen molar-refractivity contribution < 1.29 is 9.53 Å². The molecule has 2 fully saturated rings. The van der Waals surface area contributed by atoms with Gasteiger partial charge in [0.1, 0.15) is 0 Å². The van der Waals surface area contributed by atoms with Crippen LogP contribution in [0.1, 0.15) is 26.2 Å². The molecule has 0 radical (unpaired) electrons. The van der Waals surface area contributed by atoms with E-state index in [0.29, 0.717) is 12.8 Å². The molecule has 0 bridgehead atoms. The standard InChI is InChI=1S/C10H18N2O2/c1-8-10(13)12(7-11-8)5-4-9-3-2-6-14-9/h8-9,11H,2-7H2,1H3. The van der Waals surface area contributed by atoms with Crippen LogP contribution in [0, 0.1) is 0 Å². The maximum absolute atomic E-state index is 11.5. The first-order valence-corrected chi connectivity index (χ1v) is 5.41. The Morgan fingerprint density at radius 1 is 1.64 bits per heavy atom. The highest BCUT2D eigenvalue weighted by Gasteiger charge is 2.27. The molecule has 0 saturated carbocycles. The Morgan fingerprint density at radius 2 is 2.50 bits per heavy atom. The van der Waals surface area contributed by atoms with Gasteiger partial charge in [0.05, 0.1) is 18.8 Å². The Bertz CT molecular complexity index is 214. The molecule has 2 rings (SSSR count).